The van der Waals surface area contributed by atoms with Crippen LogP contribution in [0, 0.1) is 12.8 Å². The van der Waals surface area contributed by atoms with Crippen molar-refractivity contribution in [3.8, 4) is 0 Å². The molecule has 1 fully saturated rings. The second-order valence-corrected chi connectivity index (χ2v) is 13.1. The van der Waals surface area contributed by atoms with Gasteiger partial charge in [0.05, 0.1) is 17.1 Å². The van der Waals surface area contributed by atoms with Crippen LogP contribution >= 0.6 is 22.9 Å². The van der Waals surface area contributed by atoms with Crippen molar-refractivity contribution >= 4 is 60.6 Å². The first-order valence-corrected chi connectivity index (χ1v) is 14.3. The van der Waals surface area contributed by atoms with Crippen LogP contribution in [0.1, 0.15) is 56.7 Å². The van der Waals surface area contributed by atoms with Gasteiger partial charge >= 0.3 is 0 Å². The highest BCUT2D eigenvalue weighted by Crippen LogP contribution is 2.40. The quantitative estimate of drug-likeness (QED) is 0.516. The maximum absolute atomic E-state index is 13.3. The monoisotopic (exact) mass is 520 g/mol. The molecular weight excluding hydrogens is 496 g/mol. The highest BCUT2D eigenvalue weighted by atomic mass is 35.5. The summed E-state index contributed by atoms with van der Waals surface area (Å²) in [5.41, 5.74) is 2.63. The molecule has 0 unspecified atom stereocenters. The second-order valence-electron chi connectivity index (χ2n) is 9.28. The molecule has 1 aliphatic heterocycles. The predicted molar refractivity (Wildman–Crippen MR) is 134 cm³/mol. The number of sulfone groups is 1. The molecule has 10 heteroatoms. The number of carbonyl (C=O) groups is 2. The maximum atomic E-state index is 13.3. The zero-order chi connectivity index (χ0) is 24.2. The molecule has 2 amide bonds. The minimum atomic E-state index is -3.12. The summed E-state index contributed by atoms with van der Waals surface area (Å²) in [6.45, 7) is 3.97. The number of anilines is 1. The molecule has 0 spiro atoms. The molecule has 0 radical (unpaired) electrons. The average Bonchev–Trinajstić information content (AvgIpc) is 3.40. The number of aryl methyl sites for hydroxylation is 1. The van der Waals surface area contributed by atoms with Gasteiger partial charge in [-0.25, -0.2) is 8.42 Å². The van der Waals surface area contributed by atoms with Crippen molar-refractivity contribution in [1.82, 2.24) is 5.32 Å². The number of rotatable bonds is 4. The maximum Gasteiger partial charge on any atom is 0.292 e. The van der Waals surface area contributed by atoms with Gasteiger partial charge in [-0.3, -0.25) is 9.59 Å². The Kier molecular flexibility index (Phi) is 5.98. The lowest BCUT2D eigenvalue weighted by Gasteiger charge is -2.19. The van der Waals surface area contributed by atoms with Crippen molar-refractivity contribution in [3.63, 3.8) is 0 Å². The van der Waals surface area contributed by atoms with Gasteiger partial charge in [-0.05, 0) is 62.3 Å². The third kappa shape index (κ3) is 4.36. The third-order valence-corrected chi connectivity index (χ3v) is 9.81. The van der Waals surface area contributed by atoms with Crippen LogP contribution in [0.25, 0.3) is 11.0 Å². The predicted octanol–water partition coefficient (Wildman–Crippen LogP) is 4.75. The molecule has 0 saturated carbocycles. The van der Waals surface area contributed by atoms with E-state index in [4.69, 9.17) is 16.0 Å². The molecule has 1 aromatic carbocycles. The van der Waals surface area contributed by atoms with Gasteiger partial charge in [0, 0.05) is 26.9 Å². The minimum absolute atomic E-state index is 0.0511. The molecule has 2 aromatic heterocycles. The van der Waals surface area contributed by atoms with E-state index in [0.29, 0.717) is 39.1 Å². The molecule has 2 N–H and O–H groups in total. The number of hydrogen-bond acceptors (Lipinski definition) is 6. The van der Waals surface area contributed by atoms with Crippen molar-refractivity contribution in [1.29, 1.82) is 0 Å². The van der Waals surface area contributed by atoms with E-state index in [1.54, 1.807) is 25.1 Å². The number of hydrogen-bond donors (Lipinski definition) is 2. The summed E-state index contributed by atoms with van der Waals surface area (Å²) >= 11 is 7.52. The molecule has 3 aromatic rings. The normalized spacial score (nSPS) is 21.4. The Morgan fingerprint density at radius 2 is 2.00 bits per heavy atom. The lowest BCUT2D eigenvalue weighted by Crippen LogP contribution is -2.36. The Labute approximate surface area is 206 Å². The van der Waals surface area contributed by atoms with E-state index in [1.807, 2.05) is 0 Å². The van der Waals surface area contributed by atoms with Crippen LogP contribution in [0.5, 0.6) is 0 Å². The summed E-state index contributed by atoms with van der Waals surface area (Å²) in [6, 6.07) is 4.77. The SMILES string of the molecule is Cc1c(C(=O)Nc2sc3c(c2C(=O)N[C@@H]2CCS(=O)(=O)C2)CC[C@@H](C)C3)oc2ccc(Cl)cc12. The fourth-order valence-corrected chi connectivity index (χ4v) is 8.06. The van der Waals surface area contributed by atoms with Gasteiger partial charge in [-0.1, -0.05) is 18.5 Å². The Morgan fingerprint density at radius 3 is 2.74 bits per heavy atom. The van der Waals surface area contributed by atoms with E-state index in [0.717, 1.165) is 35.1 Å². The highest BCUT2D eigenvalue weighted by Gasteiger charge is 2.33. The highest BCUT2D eigenvalue weighted by molar-refractivity contribution is 7.91. The standard InChI is InChI=1S/C24H25ClN2O5S2/c1-12-3-5-16-19(9-12)33-24(20(16)22(28)26-15-7-8-34(30,31)11-15)27-23(29)21-13(2)17-10-14(25)4-6-18(17)32-21/h4,6,10,12,15H,3,5,7-9,11H2,1-2H3,(H,26,28)(H,27,29)/t12-,15-/m1/s1. The van der Waals surface area contributed by atoms with Crippen molar-refractivity contribution in [3.05, 3.63) is 50.5 Å². The number of carbonyl (C=O) groups excluding carboxylic acids is 2. The Morgan fingerprint density at radius 1 is 1.21 bits per heavy atom. The van der Waals surface area contributed by atoms with Gasteiger partial charge < -0.3 is 15.1 Å². The molecule has 1 aliphatic carbocycles. The third-order valence-electron chi connectivity index (χ3n) is 6.64. The molecular formula is C24H25ClN2O5S2. The van der Waals surface area contributed by atoms with E-state index >= 15 is 0 Å². The van der Waals surface area contributed by atoms with Crippen LogP contribution in [0.2, 0.25) is 5.02 Å². The summed E-state index contributed by atoms with van der Waals surface area (Å²) in [4.78, 5) is 27.6. The summed E-state index contributed by atoms with van der Waals surface area (Å²) in [6.07, 6.45) is 2.95. The molecule has 5 rings (SSSR count). The van der Waals surface area contributed by atoms with E-state index in [9.17, 15) is 18.0 Å². The zero-order valence-electron chi connectivity index (χ0n) is 18.9. The smallest absolute Gasteiger partial charge is 0.292 e. The van der Waals surface area contributed by atoms with Crippen molar-refractivity contribution in [2.45, 2.75) is 45.6 Å². The van der Waals surface area contributed by atoms with Gasteiger partial charge in [0.15, 0.2) is 15.6 Å². The number of benzene rings is 1. The van der Waals surface area contributed by atoms with Crippen molar-refractivity contribution < 1.29 is 22.4 Å². The van der Waals surface area contributed by atoms with E-state index in [1.165, 1.54) is 11.3 Å². The first kappa shape index (κ1) is 23.4. The van der Waals surface area contributed by atoms with E-state index in [-0.39, 0.29) is 23.2 Å². The summed E-state index contributed by atoms with van der Waals surface area (Å²) in [5, 5.41) is 7.59. The number of thiophene rings is 1. The van der Waals surface area contributed by atoms with Crippen LogP contribution in [-0.2, 0) is 22.7 Å². The number of nitrogens with one attached hydrogen (secondary N) is 2. The molecule has 34 heavy (non-hydrogen) atoms. The Bertz CT molecular complexity index is 1420. The molecule has 1 saturated heterocycles. The van der Waals surface area contributed by atoms with Crippen LogP contribution in [0.15, 0.2) is 22.6 Å². The molecule has 2 atom stereocenters. The van der Waals surface area contributed by atoms with Crippen LogP contribution in [0.3, 0.4) is 0 Å². The lowest BCUT2D eigenvalue weighted by atomic mass is 9.88. The van der Waals surface area contributed by atoms with Crippen molar-refractivity contribution in [2.24, 2.45) is 5.92 Å². The van der Waals surface area contributed by atoms with Gasteiger partial charge in [0.1, 0.15) is 10.6 Å². The van der Waals surface area contributed by atoms with E-state index in [2.05, 4.69) is 17.6 Å². The van der Waals surface area contributed by atoms with Gasteiger partial charge in [0.25, 0.3) is 11.8 Å². The van der Waals surface area contributed by atoms with Crippen LogP contribution in [0.4, 0.5) is 5.00 Å². The number of halogens is 1. The second kappa shape index (κ2) is 8.70. The molecule has 7 nitrogen and oxygen atoms in total. The zero-order valence-corrected chi connectivity index (χ0v) is 21.3. The van der Waals surface area contributed by atoms with E-state index < -0.39 is 21.8 Å². The molecule has 180 valence electrons. The fourth-order valence-electron chi connectivity index (χ4n) is 4.82. The summed E-state index contributed by atoms with van der Waals surface area (Å²) in [7, 11) is -3.12. The molecule has 0 bridgehead atoms. The minimum Gasteiger partial charge on any atom is -0.451 e. The Balaban J connectivity index is 1.47. The van der Waals surface area contributed by atoms with Crippen LogP contribution < -0.4 is 10.6 Å². The summed E-state index contributed by atoms with van der Waals surface area (Å²) in [5.74, 6) is -0.0783. The molecule has 3 heterocycles. The number of amides is 2. The fraction of sp³-hybridized carbons (Fsp3) is 0.417. The topological polar surface area (TPSA) is 105 Å². The van der Waals surface area contributed by atoms with Gasteiger partial charge in [-0.2, -0.15) is 0 Å². The first-order chi connectivity index (χ1) is 16.1. The van der Waals surface area contributed by atoms with Crippen molar-refractivity contribution in [2.75, 3.05) is 16.8 Å². The lowest BCUT2D eigenvalue weighted by molar-refractivity contribution is 0.0941. The number of furan rings is 1. The van der Waals surface area contributed by atoms with Gasteiger partial charge in [0.2, 0.25) is 0 Å². The largest absolute Gasteiger partial charge is 0.451 e. The molecule has 2 aliphatic rings. The van der Waals surface area contributed by atoms with Gasteiger partial charge in [-0.15, -0.1) is 11.3 Å². The Hall–Kier alpha value is -2.36. The average molecular weight is 521 g/mol. The first-order valence-electron chi connectivity index (χ1n) is 11.3. The van der Waals surface area contributed by atoms with Crippen LogP contribution in [-0.4, -0.2) is 37.8 Å². The summed E-state index contributed by atoms with van der Waals surface area (Å²) < 4.78 is 29.5. The number of fused-ring (bicyclic) bond motifs is 2.